The van der Waals surface area contributed by atoms with Crippen molar-refractivity contribution in [1.29, 1.82) is 0 Å². The fourth-order valence-corrected chi connectivity index (χ4v) is 4.88. The molecule has 0 saturated heterocycles. The van der Waals surface area contributed by atoms with Crippen LogP contribution in [0.2, 0.25) is 0 Å². The molecule has 0 aliphatic heterocycles. The van der Waals surface area contributed by atoms with Gasteiger partial charge in [-0.15, -0.1) is 0 Å². The number of anilines is 1. The molecule has 8 nitrogen and oxygen atoms in total. The molecule has 0 spiro atoms. The van der Waals surface area contributed by atoms with Gasteiger partial charge in [-0.05, 0) is 75.6 Å². The van der Waals surface area contributed by atoms with Crippen molar-refractivity contribution in [3.63, 3.8) is 0 Å². The van der Waals surface area contributed by atoms with Gasteiger partial charge in [-0.25, -0.2) is 12.8 Å². The van der Waals surface area contributed by atoms with E-state index in [0.717, 1.165) is 6.26 Å². The first-order chi connectivity index (χ1) is 17.2. The number of carbonyl (C=O) groups is 2. The molecule has 2 amide bonds. The van der Waals surface area contributed by atoms with E-state index in [2.05, 4.69) is 5.32 Å². The van der Waals surface area contributed by atoms with Crippen LogP contribution in [0.15, 0.2) is 48.5 Å². The zero-order chi connectivity index (χ0) is 27.8. The highest BCUT2D eigenvalue weighted by Gasteiger charge is 2.30. The second-order valence-corrected chi connectivity index (χ2v) is 11.9. The first-order valence-corrected chi connectivity index (χ1v) is 14.1. The Morgan fingerprint density at radius 3 is 2.14 bits per heavy atom. The zero-order valence-electron chi connectivity index (χ0n) is 22.5. The van der Waals surface area contributed by atoms with Crippen LogP contribution in [-0.2, 0) is 26.2 Å². The van der Waals surface area contributed by atoms with Crippen LogP contribution in [0.5, 0.6) is 5.75 Å². The molecule has 37 heavy (non-hydrogen) atoms. The van der Waals surface area contributed by atoms with Gasteiger partial charge in [-0.1, -0.05) is 19.1 Å². The fraction of sp³-hybridized carbons (Fsp3) is 0.481. The molecule has 0 bridgehead atoms. The van der Waals surface area contributed by atoms with Crippen LogP contribution in [0.25, 0.3) is 0 Å². The van der Waals surface area contributed by atoms with Crippen LogP contribution in [0.4, 0.5) is 10.1 Å². The molecule has 0 saturated carbocycles. The molecule has 2 aromatic carbocycles. The molecule has 204 valence electrons. The molecule has 0 aliphatic rings. The maximum Gasteiger partial charge on any atom is 0.243 e. The standard InChI is InChI=1S/C27H38FN3O5S/c1-7-24(26(33)29-27(2,3)4)30(19-20-10-12-21(28)13-11-20)25(32)9-8-18-31(37(6,34)35)22-14-16-23(36-5)17-15-22/h10-17,24H,7-9,18-19H2,1-6H3,(H,29,33). The summed E-state index contributed by atoms with van der Waals surface area (Å²) >= 11 is 0. The zero-order valence-corrected chi connectivity index (χ0v) is 23.3. The first-order valence-electron chi connectivity index (χ1n) is 12.2. The van der Waals surface area contributed by atoms with Gasteiger partial charge >= 0.3 is 0 Å². The third-order valence-corrected chi connectivity index (χ3v) is 6.86. The molecule has 1 N–H and O–H groups in total. The topological polar surface area (TPSA) is 96.0 Å². The number of methoxy groups -OCH3 is 1. The number of halogens is 1. The molecule has 0 aromatic heterocycles. The van der Waals surface area contributed by atoms with E-state index in [0.29, 0.717) is 23.4 Å². The van der Waals surface area contributed by atoms with Gasteiger partial charge in [0.2, 0.25) is 21.8 Å². The molecule has 2 rings (SSSR count). The van der Waals surface area contributed by atoms with Crippen molar-refractivity contribution in [2.75, 3.05) is 24.2 Å². The van der Waals surface area contributed by atoms with Crippen molar-refractivity contribution in [3.8, 4) is 5.75 Å². The van der Waals surface area contributed by atoms with Crippen LogP contribution >= 0.6 is 0 Å². The highest BCUT2D eigenvalue weighted by Crippen LogP contribution is 2.23. The van der Waals surface area contributed by atoms with Crippen molar-refractivity contribution in [1.82, 2.24) is 10.2 Å². The third kappa shape index (κ3) is 9.35. The molecule has 10 heteroatoms. The smallest absolute Gasteiger partial charge is 0.243 e. The summed E-state index contributed by atoms with van der Waals surface area (Å²) in [5.74, 6) is -0.355. The van der Waals surface area contributed by atoms with E-state index in [-0.39, 0.29) is 37.7 Å². The predicted octanol–water partition coefficient (Wildman–Crippen LogP) is 4.10. The SMILES string of the molecule is CCC(C(=O)NC(C)(C)C)N(Cc1ccc(F)cc1)C(=O)CCCN(c1ccc(OC)cc1)S(C)(=O)=O. The van der Waals surface area contributed by atoms with Crippen LogP contribution < -0.4 is 14.4 Å². The second kappa shape index (κ2) is 12.9. The number of hydrogen-bond acceptors (Lipinski definition) is 5. The summed E-state index contributed by atoms with van der Waals surface area (Å²) in [6, 6.07) is 11.7. The lowest BCUT2D eigenvalue weighted by Gasteiger charge is -2.33. The molecule has 0 heterocycles. The number of nitrogens with one attached hydrogen (secondary N) is 1. The number of sulfonamides is 1. The maximum absolute atomic E-state index is 13.4. The Kier molecular flexibility index (Phi) is 10.5. The van der Waals surface area contributed by atoms with Crippen LogP contribution in [0.3, 0.4) is 0 Å². The largest absolute Gasteiger partial charge is 0.497 e. The fourth-order valence-electron chi connectivity index (χ4n) is 3.91. The lowest BCUT2D eigenvalue weighted by molar-refractivity contribution is -0.142. The molecule has 1 unspecified atom stereocenters. The highest BCUT2D eigenvalue weighted by atomic mass is 32.2. The molecule has 0 fully saturated rings. The molecular weight excluding hydrogens is 497 g/mol. The van der Waals surface area contributed by atoms with Crippen molar-refractivity contribution in [3.05, 3.63) is 59.9 Å². The van der Waals surface area contributed by atoms with Gasteiger partial charge in [0.1, 0.15) is 17.6 Å². The van der Waals surface area contributed by atoms with E-state index in [9.17, 15) is 22.4 Å². The number of amides is 2. The van der Waals surface area contributed by atoms with E-state index in [4.69, 9.17) is 4.74 Å². The Bertz CT molecular complexity index is 1150. The quantitative estimate of drug-likeness (QED) is 0.442. The Balaban J connectivity index is 2.22. The minimum absolute atomic E-state index is 0.0304. The number of rotatable bonds is 12. The van der Waals surface area contributed by atoms with Crippen molar-refractivity contribution in [2.24, 2.45) is 0 Å². The summed E-state index contributed by atoms with van der Waals surface area (Å²) < 4.78 is 44.7. The second-order valence-electron chi connectivity index (χ2n) is 9.95. The summed E-state index contributed by atoms with van der Waals surface area (Å²) in [6.45, 7) is 7.64. The molecule has 0 aliphatic carbocycles. The number of nitrogens with zero attached hydrogens (tertiary/aromatic N) is 2. The Labute approximate surface area is 219 Å². The third-order valence-electron chi connectivity index (χ3n) is 5.66. The van der Waals surface area contributed by atoms with Gasteiger partial charge in [0, 0.05) is 25.0 Å². The number of hydrogen-bond donors (Lipinski definition) is 1. The molecular formula is C27H38FN3O5S. The predicted molar refractivity (Wildman–Crippen MR) is 143 cm³/mol. The molecule has 1 atom stereocenters. The van der Waals surface area contributed by atoms with Crippen molar-refractivity contribution in [2.45, 2.75) is 65.1 Å². The molecule has 0 radical (unpaired) electrons. The normalized spacial score (nSPS) is 12.5. The first kappa shape index (κ1) is 30.1. The summed E-state index contributed by atoms with van der Waals surface area (Å²) in [4.78, 5) is 28.0. The van der Waals surface area contributed by atoms with Gasteiger partial charge < -0.3 is 15.0 Å². The van der Waals surface area contributed by atoms with Crippen molar-refractivity contribution >= 4 is 27.5 Å². The van der Waals surface area contributed by atoms with Gasteiger partial charge in [0.15, 0.2) is 0 Å². The van der Waals surface area contributed by atoms with Crippen LogP contribution in [0.1, 0.15) is 52.5 Å². The Hall–Kier alpha value is -3.14. The van der Waals surface area contributed by atoms with E-state index in [1.165, 1.54) is 28.4 Å². The van der Waals surface area contributed by atoms with Gasteiger partial charge in [0.25, 0.3) is 0 Å². The average Bonchev–Trinajstić information content (AvgIpc) is 2.81. The summed E-state index contributed by atoms with van der Waals surface area (Å²) in [5, 5.41) is 2.93. The highest BCUT2D eigenvalue weighted by molar-refractivity contribution is 7.92. The summed E-state index contributed by atoms with van der Waals surface area (Å²) in [5.41, 5.74) is 0.673. The Morgan fingerprint density at radius 2 is 1.65 bits per heavy atom. The number of ether oxygens (including phenoxy) is 1. The average molecular weight is 536 g/mol. The minimum atomic E-state index is -3.60. The monoisotopic (exact) mass is 535 g/mol. The van der Waals surface area contributed by atoms with Crippen LogP contribution in [0, 0.1) is 5.82 Å². The number of carbonyl (C=O) groups excluding carboxylic acids is 2. The van der Waals surface area contributed by atoms with E-state index in [1.807, 2.05) is 27.7 Å². The Morgan fingerprint density at radius 1 is 1.05 bits per heavy atom. The van der Waals surface area contributed by atoms with Gasteiger partial charge in [-0.3, -0.25) is 13.9 Å². The van der Waals surface area contributed by atoms with E-state index >= 15 is 0 Å². The van der Waals surface area contributed by atoms with Crippen molar-refractivity contribution < 1.29 is 27.1 Å². The minimum Gasteiger partial charge on any atom is -0.497 e. The molecule has 2 aromatic rings. The maximum atomic E-state index is 13.4. The summed E-state index contributed by atoms with van der Waals surface area (Å²) in [7, 11) is -2.07. The van der Waals surface area contributed by atoms with E-state index in [1.54, 1.807) is 36.4 Å². The van der Waals surface area contributed by atoms with E-state index < -0.39 is 27.4 Å². The number of benzene rings is 2. The van der Waals surface area contributed by atoms with Crippen LogP contribution in [-0.4, -0.2) is 56.6 Å². The van der Waals surface area contributed by atoms with Gasteiger partial charge in [-0.2, -0.15) is 0 Å². The van der Waals surface area contributed by atoms with Gasteiger partial charge in [0.05, 0.1) is 19.1 Å². The lowest BCUT2D eigenvalue weighted by atomic mass is 10.0. The summed E-state index contributed by atoms with van der Waals surface area (Å²) in [6.07, 6.45) is 1.78. The lowest BCUT2D eigenvalue weighted by Crippen LogP contribution is -2.53.